The lowest BCUT2D eigenvalue weighted by Gasteiger charge is -2.22. The van der Waals surface area contributed by atoms with Gasteiger partial charge in [-0.25, -0.2) is 18.7 Å². The third-order valence-corrected chi connectivity index (χ3v) is 4.89. The van der Waals surface area contributed by atoms with Gasteiger partial charge in [0.05, 0.1) is 58.5 Å². The number of rotatable bonds is 8. The molecule has 0 radical (unpaired) electrons. The van der Waals surface area contributed by atoms with Crippen LogP contribution in [0.4, 0.5) is 24.5 Å². The minimum atomic E-state index is -1.74. The van der Waals surface area contributed by atoms with Crippen molar-refractivity contribution in [2.75, 3.05) is 16.3 Å². The Labute approximate surface area is 177 Å². The second-order valence-corrected chi connectivity index (χ2v) is 6.89. The predicted octanol–water partition coefficient (Wildman–Crippen LogP) is 3.65. The molecular weight excluding hydrogens is 516 g/mol. The number of para-hydroxylation sites is 1. The molecule has 1 amide bonds. The van der Waals surface area contributed by atoms with Crippen LogP contribution in [0.3, 0.4) is 0 Å². The number of aliphatic hydroxyl groups is 2. The summed E-state index contributed by atoms with van der Waals surface area (Å²) in [6.45, 7) is -0.662. The van der Waals surface area contributed by atoms with Crippen molar-refractivity contribution in [2.24, 2.45) is 0 Å². The lowest BCUT2D eigenvalue weighted by molar-refractivity contribution is 0.00702. The fourth-order valence-electron chi connectivity index (χ4n) is 2.14. The first kappa shape index (κ1) is 22.7. The van der Waals surface area contributed by atoms with E-state index in [9.17, 15) is 23.1 Å². The van der Waals surface area contributed by atoms with E-state index in [0.717, 1.165) is 3.11 Å². The monoisotopic (exact) mass is 530 g/mol. The molecule has 1 atom stereocenters. The third kappa shape index (κ3) is 5.26. The Bertz CT molecular complexity index is 859. The van der Waals surface area contributed by atoms with Crippen molar-refractivity contribution in [2.45, 2.75) is 12.5 Å². The number of anilines is 2. The summed E-state index contributed by atoms with van der Waals surface area (Å²) in [5.74, 6) is -5.91. The molecule has 0 saturated carbocycles. The number of amides is 1. The highest BCUT2D eigenvalue weighted by atomic mass is 127. The van der Waals surface area contributed by atoms with Crippen LogP contribution in [0.25, 0.3) is 0 Å². The number of carbonyl (C=O) groups is 1. The van der Waals surface area contributed by atoms with Crippen LogP contribution in [0.1, 0.15) is 16.8 Å². The molecule has 0 aliphatic carbocycles. The second-order valence-electron chi connectivity index (χ2n) is 5.52. The minimum Gasteiger partial charge on any atom is -0.394 e. The quantitative estimate of drug-likeness (QED) is 0.160. The molecule has 0 aromatic heterocycles. The largest absolute Gasteiger partial charge is 0.394 e. The van der Waals surface area contributed by atoms with Gasteiger partial charge in [0.15, 0.2) is 17.5 Å². The standard InChI is InChI=1S/C17H15ClF3IN2O4/c18-11-3-1-2-4-13(11)24(22)16-10(7-12(19)14(20)15(16)21)17(27)23-28-6-5-9(26)8-25/h1-4,7,9,25-26H,5-6,8H2,(H,23,27). The van der Waals surface area contributed by atoms with E-state index in [1.807, 2.05) is 5.48 Å². The van der Waals surface area contributed by atoms with Crippen molar-refractivity contribution in [3.8, 4) is 0 Å². The second kappa shape index (κ2) is 10.3. The molecule has 2 rings (SSSR count). The smallest absolute Gasteiger partial charge is 0.277 e. The van der Waals surface area contributed by atoms with Crippen molar-refractivity contribution in [3.05, 3.63) is 58.4 Å². The Balaban J connectivity index is 2.33. The topological polar surface area (TPSA) is 82.0 Å². The average Bonchev–Trinajstić information content (AvgIpc) is 2.68. The van der Waals surface area contributed by atoms with E-state index >= 15 is 0 Å². The van der Waals surface area contributed by atoms with E-state index in [0.29, 0.717) is 6.07 Å². The van der Waals surface area contributed by atoms with Crippen LogP contribution in [0.15, 0.2) is 30.3 Å². The zero-order valence-electron chi connectivity index (χ0n) is 14.1. The molecule has 0 bridgehead atoms. The first-order chi connectivity index (χ1) is 13.3. The summed E-state index contributed by atoms with van der Waals surface area (Å²) in [5.41, 5.74) is 1.12. The van der Waals surface area contributed by atoms with Gasteiger partial charge in [-0.1, -0.05) is 23.7 Å². The zero-order chi connectivity index (χ0) is 20.8. The lowest BCUT2D eigenvalue weighted by atomic mass is 10.1. The van der Waals surface area contributed by atoms with Gasteiger partial charge in [0.25, 0.3) is 5.91 Å². The Morgan fingerprint density at radius 2 is 1.96 bits per heavy atom. The van der Waals surface area contributed by atoms with Gasteiger partial charge in [-0.3, -0.25) is 12.7 Å². The molecule has 0 heterocycles. The summed E-state index contributed by atoms with van der Waals surface area (Å²) in [4.78, 5) is 17.2. The highest BCUT2D eigenvalue weighted by Gasteiger charge is 2.27. The molecule has 0 aliphatic heterocycles. The summed E-state index contributed by atoms with van der Waals surface area (Å²) in [6, 6.07) is 6.78. The van der Waals surface area contributed by atoms with E-state index in [1.54, 1.807) is 35.0 Å². The van der Waals surface area contributed by atoms with Gasteiger partial charge in [-0.15, -0.1) is 0 Å². The van der Waals surface area contributed by atoms with E-state index in [2.05, 4.69) is 0 Å². The number of halogens is 5. The zero-order valence-corrected chi connectivity index (χ0v) is 17.0. The lowest BCUT2D eigenvalue weighted by Crippen LogP contribution is -2.28. The first-order valence-corrected chi connectivity index (χ1v) is 9.21. The van der Waals surface area contributed by atoms with Gasteiger partial charge in [0.1, 0.15) is 5.69 Å². The molecule has 3 N–H and O–H groups in total. The maximum absolute atomic E-state index is 14.5. The van der Waals surface area contributed by atoms with Crippen LogP contribution in [-0.4, -0.2) is 35.4 Å². The molecule has 0 spiro atoms. The van der Waals surface area contributed by atoms with Crippen molar-refractivity contribution in [1.82, 2.24) is 5.48 Å². The number of hydrogen-bond donors (Lipinski definition) is 3. The van der Waals surface area contributed by atoms with Crippen LogP contribution in [-0.2, 0) is 4.84 Å². The van der Waals surface area contributed by atoms with Gasteiger partial charge in [-0.2, -0.15) is 0 Å². The summed E-state index contributed by atoms with van der Waals surface area (Å²) in [7, 11) is 0. The minimum absolute atomic E-state index is 0.00775. The molecule has 1 unspecified atom stereocenters. The fourth-order valence-corrected chi connectivity index (χ4v) is 3.39. The van der Waals surface area contributed by atoms with Gasteiger partial charge in [-0.05, 0) is 18.2 Å². The average molecular weight is 531 g/mol. The molecule has 0 aliphatic rings. The normalized spacial score (nSPS) is 12.0. The van der Waals surface area contributed by atoms with E-state index in [4.69, 9.17) is 21.5 Å². The Kier molecular flexibility index (Phi) is 8.31. The van der Waals surface area contributed by atoms with Gasteiger partial charge in [0, 0.05) is 6.42 Å². The van der Waals surface area contributed by atoms with Gasteiger partial charge in [0.2, 0.25) is 0 Å². The number of hydroxylamine groups is 1. The van der Waals surface area contributed by atoms with Crippen molar-refractivity contribution >= 4 is 51.7 Å². The molecule has 6 nitrogen and oxygen atoms in total. The maximum Gasteiger partial charge on any atom is 0.277 e. The summed E-state index contributed by atoms with van der Waals surface area (Å²) in [6.07, 6.45) is -1.04. The summed E-state index contributed by atoms with van der Waals surface area (Å²) < 4.78 is 43.1. The first-order valence-electron chi connectivity index (χ1n) is 7.86. The number of carbonyl (C=O) groups excluding carboxylic acids is 1. The highest BCUT2D eigenvalue weighted by molar-refractivity contribution is 14.1. The number of nitrogens with zero attached hydrogens (tertiary/aromatic N) is 1. The van der Waals surface area contributed by atoms with Crippen molar-refractivity contribution in [1.29, 1.82) is 0 Å². The van der Waals surface area contributed by atoms with Gasteiger partial charge < -0.3 is 10.2 Å². The van der Waals surface area contributed by atoms with Crippen molar-refractivity contribution in [3.63, 3.8) is 0 Å². The molecule has 2 aromatic rings. The number of hydrogen-bond acceptors (Lipinski definition) is 5. The van der Waals surface area contributed by atoms with Crippen molar-refractivity contribution < 1.29 is 33.0 Å². The molecule has 0 fully saturated rings. The molecule has 152 valence electrons. The maximum atomic E-state index is 14.5. The molecule has 28 heavy (non-hydrogen) atoms. The van der Waals surface area contributed by atoms with E-state index < -0.39 is 47.3 Å². The Hall–Kier alpha value is -1.60. The fraction of sp³-hybridized carbons (Fsp3) is 0.235. The molecule has 0 saturated heterocycles. The number of nitrogens with one attached hydrogen (secondary N) is 1. The number of benzene rings is 2. The summed E-state index contributed by atoms with van der Waals surface area (Å²) >= 11 is 7.67. The molecule has 11 heteroatoms. The SMILES string of the molecule is O=C(NOCCC(O)CO)c1cc(F)c(F)c(F)c1N(I)c1ccccc1Cl. The highest BCUT2D eigenvalue weighted by Crippen LogP contribution is 2.39. The predicted molar refractivity (Wildman–Crippen MR) is 105 cm³/mol. The van der Waals surface area contributed by atoms with Gasteiger partial charge >= 0.3 is 0 Å². The summed E-state index contributed by atoms with van der Waals surface area (Å²) in [5, 5.41) is 18.1. The molecular formula is C17H15ClF3IN2O4. The molecule has 2 aromatic carbocycles. The third-order valence-electron chi connectivity index (χ3n) is 3.57. The Morgan fingerprint density at radius 1 is 1.29 bits per heavy atom. The van der Waals surface area contributed by atoms with Crippen LogP contribution < -0.4 is 8.59 Å². The van der Waals surface area contributed by atoms with Crippen LogP contribution in [0, 0.1) is 17.5 Å². The van der Waals surface area contributed by atoms with Crippen LogP contribution >= 0.6 is 34.5 Å². The van der Waals surface area contributed by atoms with Crippen LogP contribution in [0.5, 0.6) is 0 Å². The number of aliphatic hydroxyl groups excluding tert-OH is 2. The van der Waals surface area contributed by atoms with E-state index in [1.165, 1.54) is 12.1 Å². The Morgan fingerprint density at radius 3 is 2.61 bits per heavy atom. The van der Waals surface area contributed by atoms with E-state index in [-0.39, 0.29) is 23.7 Å². The van der Waals surface area contributed by atoms with Crippen LogP contribution in [0.2, 0.25) is 5.02 Å².